The maximum atomic E-state index is 13.3. The van der Waals surface area contributed by atoms with Crippen molar-refractivity contribution in [2.45, 2.75) is 25.2 Å². The van der Waals surface area contributed by atoms with Gasteiger partial charge in [0.25, 0.3) is 0 Å². The zero-order valence-corrected chi connectivity index (χ0v) is 13.9. The van der Waals surface area contributed by atoms with Gasteiger partial charge in [-0.05, 0) is 48.2 Å². The molecule has 1 atom stereocenters. The molecule has 0 N–H and O–H groups in total. The fraction of sp³-hybridized carbons (Fsp3) is 0.350. The number of benzene rings is 2. The Hall–Kier alpha value is -2.36. The molecular weight excluding hydrogens is 305 g/mol. The first kappa shape index (κ1) is 16.5. The minimum Gasteiger partial charge on any atom is -0.497 e. The van der Waals surface area contributed by atoms with Crippen LogP contribution in [0.3, 0.4) is 0 Å². The number of hydrogen-bond acceptors (Lipinski definition) is 2. The Morgan fingerprint density at radius 3 is 2.12 bits per heavy atom. The number of halogens is 1. The van der Waals surface area contributed by atoms with Crippen molar-refractivity contribution in [1.82, 2.24) is 4.90 Å². The second-order valence-corrected chi connectivity index (χ2v) is 6.17. The number of amides is 1. The summed E-state index contributed by atoms with van der Waals surface area (Å²) in [5.74, 6) is 0.600. The lowest BCUT2D eigenvalue weighted by Crippen LogP contribution is -2.29. The average Bonchev–Trinajstić information content (AvgIpc) is 3.15. The van der Waals surface area contributed by atoms with Crippen LogP contribution in [0.1, 0.15) is 36.3 Å². The zero-order valence-electron chi connectivity index (χ0n) is 13.9. The van der Waals surface area contributed by atoms with Crippen molar-refractivity contribution in [1.29, 1.82) is 0 Å². The lowest BCUT2D eigenvalue weighted by molar-refractivity contribution is -0.130. The molecule has 1 saturated heterocycles. The number of hydrogen-bond donors (Lipinski definition) is 0. The highest BCUT2D eigenvalue weighted by Crippen LogP contribution is 2.30. The zero-order chi connectivity index (χ0) is 16.9. The number of likely N-dealkylation sites (tertiary alicyclic amines) is 1. The van der Waals surface area contributed by atoms with Crippen LogP contribution in [-0.2, 0) is 4.79 Å². The van der Waals surface area contributed by atoms with Crippen LogP contribution < -0.4 is 4.74 Å². The molecule has 24 heavy (non-hydrogen) atoms. The van der Waals surface area contributed by atoms with Crippen molar-refractivity contribution in [3.63, 3.8) is 0 Å². The van der Waals surface area contributed by atoms with Gasteiger partial charge in [0.2, 0.25) is 5.91 Å². The van der Waals surface area contributed by atoms with Crippen molar-refractivity contribution in [2.75, 3.05) is 20.2 Å². The molecule has 2 aromatic rings. The first-order valence-corrected chi connectivity index (χ1v) is 8.34. The third-order valence-corrected chi connectivity index (χ3v) is 4.63. The van der Waals surface area contributed by atoms with Gasteiger partial charge in [0.15, 0.2) is 0 Å². The van der Waals surface area contributed by atoms with E-state index in [1.165, 1.54) is 12.1 Å². The Balaban J connectivity index is 1.87. The van der Waals surface area contributed by atoms with Gasteiger partial charge in [-0.25, -0.2) is 4.39 Å². The monoisotopic (exact) mass is 327 g/mol. The molecule has 0 aromatic heterocycles. The number of ether oxygens (including phenoxy) is 1. The third-order valence-electron chi connectivity index (χ3n) is 4.63. The maximum absolute atomic E-state index is 13.3. The Morgan fingerprint density at radius 1 is 1.04 bits per heavy atom. The van der Waals surface area contributed by atoms with Crippen LogP contribution in [0.5, 0.6) is 5.75 Å². The van der Waals surface area contributed by atoms with Gasteiger partial charge in [-0.2, -0.15) is 0 Å². The van der Waals surface area contributed by atoms with E-state index < -0.39 is 0 Å². The van der Waals surface area contributed by atoms with Gasteiger partial charge in [-0.3, -0.25) is 4.79 Å². The number of rotatable bonds is 5. The Labute approximate surface area is 142 Å². The molecule has 1 aliphatic rings. The Kier molecular flexibility index (Phi) is 5.14. The van der Waals surface area contributed by atoms with E-state index in [1.807, 2.05) is 29.2 Å². The summed E-state index contributed by atoms with van der Waals surface area (Å²) in [7, 11) is 1.63. The second-order valence-electron chi connectivity index (χ2n) is 6.17. The largest absolute Gasteiger partial charge is 0.497 e. The number of carbonyl (C=O) groups is 1. The maximum Gasteiger partial charge on any atom is 0.223 e. The smallest absolute Gasteiger partial charge is 0.223 e. The summed E-state index contributed by atoms with van der Waals surface area (Å²) in [6, 6.07) is 14.2. The van der Waals surface area contributed by atoms with E-state index in [1.54, 1.807) is 19.2 Å². The lowest BCUT2D eigenvalue weighted by Gasteiger charge is -2.22. The summed E-state index contributed by atoms with van der Waals surface area (Å²) in [6.07, 6.45) is 2.56. The van der Waals surface area contributed by atoms with Crippen molar-refractivity contribution >= 4 is 5.91 Å². The molecule has 1 fully saturated rings. The van der Waals surface area contributed by atoms with E-state index in [0.29, 0.717) is 6.42 Å². The van der Waals surface area contributed by atoms with Crippen molar-refractivity contribution in [2.24, 2.45) is 0 Å². The van der Waals surface area contributed by atoms with Crippen LogP contribution in [0, 0.1) is 5.82 Å². The molecule has 0 aliphatic carbocycles. The summed E-state index contributed by atoms with van der Waals surface area (Å²) in [5.41, 5.74) is 1.99. The third kappa shape index (κ3) is 3.75. The minimum atomic E-state index is -0.266. The van der Waals surface area contributed by atoms with E-state index >= 15 is 0 Å². The van der Waals surface area contributed by atoms with Gasteiger partial charge in [0.05, 0.1) is 7.11 Å². The summed E-state index contributed by atoms with van der Waals surface area (Å²) < 4.78 is 18.5. The predicted octanol–water partition coefficient (Wildman–Crippen LogP) is 3.98. The van der Waals surface area contributed by atoms with Crippen LogP contribution in [0.15, 0.2) is 48.5 Å². The van der Waals surface area contributed by atoms with Gasteiger partial charge in [-0.15, -0.1) is 0 Å². The molecule has 1 aliphatic heterocycles. The summed E-state index contributed by atoms with van der Waals surface area (Å²) >= 11 is 0. The van der Waals surface area contributed by atoms with Crippen LogP contribution in [0.4, 0.5) is 4.39 Å². The van der Waals surface area contributed by atoms with E-state index in [0.717, 1.165) is 42.8 Å². The van der Waals surface area contributed by atoms with Crippen molar-refractivity contribution < 1.29 is 13.9 Å². The van der Waals surface area contributed by atoms with E-state index in [4.69, 9.17) is 4.74 Å². The molecule has 1 heterocycles. The Morgan fingerprint density at radius 2 is 1.58 bits per heavy atom. The molecular formula is C20H22FNO2. The summed E-state index contributed by atoms with van der Waals surface area (Å²) in [5, 5.41) is 0. The number of methoxy groups -OCH3 is 1. The van der Waals surface area contributed by atoms with E-state index in [-0.39, 0.29) is 17.6 Å². The average molecular weight is 327 g/mol. The van der Waals surface area contributed by atoms with E-state index in [2.05, 4.69) is 0 Å². The van der Waals surface area contributed by atoms with Crippen LogP contribution in [0.2, 0.25) is 0 Å². The van der Waals surface area contributed by atoms with Crippen LogP contribution in [0.25, 0.3) is 0 Å². The highest BCUT2D eigenvalue weighted by molar-refractivity contribution is 5.78. The fourth-order valence-corrected chi connectivity index (χ4v) is 3.23. The molecule has 126 valence electrons. The highest BCUT2D eigenvalue weighted by Gasteiger charge is 2.24. The first-order chi connectivity index (χ1) is 11.7. The lowest BCUT2D eigenvalue weighted by atomic mass is 9.88. The number of carbonyl (C=O) groups excluding carboxylic acids is 1. The molecule has 0 unspecified atom stereocenters. The van der Waals surface area contributed by atoms with Crippen LogP contribution in [-0.4, -0.2) is 31.0 Å². The summed E-state index contributed by atoms with van der Waals surface area (Å²) in [6.45, 7) is 1.69. The molecule has 0 spiro atoms. The molecule has 0 saturated carbocycles. The van der Waals surface area contributed by atoms with Gasteiger partial charge in [0, 0.05) is 25.4 Å². The highest BCUT2D eigenvalue weighted by atomic mass is 19.1. The Bertz CT molecular complexity index is 676. The normalized spacial score (nSPS) is 15.3. The molecule has 4 heteroatoms. The summed E-state index contributed by atoms with van der Waals surface area (Å²) in [4.78, 5) is 14.6. The van der Waals surface area contributed by atoms with Gasteiger partial charge < -0.3 is 9.64 Å². The van der Waals surface area contributed by atoms with Crippen LogP contribution >= 0.6 is 0 Å². The fourth-order valence-electron chi connectivity index (χ4n) is 3.23. The minimum absolute atomic E-state index is 0.0791. The first-order valence-electron chi connectivity index (χ1n) is 8.34. The van der Waals surface area contributed by atoms with Gasteiger partial charge in [-0.1, -0.05) is 24.3 Å². The predicted molar refractivity (Wildman–Crippen MR) is 91.7 cm³/mol. The molecule has 0 radical (unpaired) electrons. The standard InChI is InChI=1S/C20H22FNO2/c1-24-18-10-6-16(7-11-18)19(15-4-8-17(21)9-5-15)14-20(23)22-12-2-3-13-22/h4-11,19H,2-3,12-14H2,1H3/t19-/m0/s1. The molecule has 1 amide bonds. The van der Waals surface area contributed by atoms with Gasteiger partial charge >= 0.3 is 0 Å². The number of nitrogens with zero attached hydrogens (tertiary/aromatic N) is 1. The topological polar surface area (TPSA) is 29.5 Å². The molecule has 3 nitrogen and oxygen atoms in total. The van der Waals surface area contributed by atoms with Crippen molar-refractivity contribution in [3.8, 4) is 5.75 Å². The van der Waals surface area contributed by atoms with Gasteiger partial charge in [0.1, 0.15) is 11.6 Å². The second kappa shape index (κ2) is 7.47. The van der Waals surface area contributed by atoms with E-state index in [9.17, 15) is 9.18 Å². The molecule has 0 bridgehead atoms. The van der Waals surface area contributed by atoms with Crippen molar-refractivity contribution in [3.05, 3.63) is 65.5 Å². The SMILES string of the molecule is COc1ccc([C@@H](CC(=O)N2CCCC2)c2ccc(F)cc2)cc1. The molecule has 3 rings (SSSR count). The molecule has 2 aromatic carbocycles. The quantitative estimate of drug-likeness (QED) is 0.831.